The predicted molar refractivity (Wildman–Crippen MR) is 68.7 cm³/mol. The van der Waals surface area contributed by atoms with Crippen LogP contribution in [0.5, 0.6) is 5.75 Å². The minimum Gasteiger partial charge on any atom is -0.494 e. The molecule has 0 saturated carbocycles. The van der Waals surface area contributed by atoms with E-state index < -0.39 is 0 Å². The van der Waals surface area contributed by atoms with Gasteiger partial charge in [0.15, 0.2) is 4.77 Å². The van der Waals surface area contributed by atoms with Crippen LogP contribution >= 0.6 is 12.2 Å². The summed E-state index contributed by atoms with van der Waals surface area (Å²) in [5, 5.41) is 0. The summed E-state index contributed by atoms with van der Waals surface area (Å²) < 4.78 is 8.22. The smallest absolute Gasteiger partial charge is 0.178 e. The fourth-order valence-electron chi connectivity index (χ4n) is 1.91. The summed E-state index contributed by atoms with van der Waals surface area (Å²) in [6.45, 7) is 4.33. The highest BCUT2D eigenvalue weighted by atomic mass is 32.1. The second-order valence-corrected chi connectivity index (χ2v) is 4.30. The van der Waals surface area contributed by atoms with Crippen molar-refractivity contribution in [3.05, 3.63) is 23.0 Å². The number of methoxy groups -OCH3 is 1. The van der Waals surface area contributed by atoms with Crippen LogP contribution in [0.15, 0.2) is 18.2 Å². The summed E-state index contributed by atoms with van der Waals surface area (Å²) in [6.07, 6.45) is 1.05. The zero-order valence-electron chi connectivity index (χ0n) is 9.78. The summed E-state index contributed by atoms with van der Waals surface area (Å²) in [4.78, 5) is 3.21. The van der Waals surface area contributed by atoms with Gasteiger partial charge in [0.05, 0.1) is 12.6 Å². The number of aromatic amines is 1. The van der Waals surface area contributed by atoms with Crippen molar-refractivity contribution in [3.63, 3.8) is 0 Å². The van der Waals surface area contributed by atoms with E-state index in [1.54, 1.807) is 7.11 Å². The zero-order valence-corrected chi connectivity index (χ0v) is 10.6. The summed E-state index contributed by atoms with van der Waals surface area (Å²) in [7, 11) is 1.67. The highest BCUT2D eigenvalue weighted by Crippen LogP contribution is 2.27. The fraction of sp³-hybridized carbons (Fsp3) is 0.417. The van der Waals surface area contributed by atoms with Gasteiger partial charge in [0.2, 0.25) is 0 Å². The van der Waals surface area contributed by atoms with Gasteiger partial charge >= 0.3 is 0 Å². The van der Waals surface area contributed by atoms with E-state index in [-0.39, 0.29) is 0 Å². The van der Waals surface area contributed by atoms with E-state index in [9.17, 15) is 0 Å². The molecule has 1 aromatic heterocycles. The number of imidazole rings is 1. The van der Waals surface area contributed by atoms with Gasteiger partial charge in [-0.05, 0) is 37.7 Å². The fourth-order valence-corrected chi connectivity index (χ4v) is 2.29. The Morgan fingerprint density at radius 2 is 2.25 bits per heavy atom. The Morgan fingerprint density at radius 3 is 2.88 bits per heavy atom. The van der Waals surface area contributed by atoms with Crippen LogP contribution in [-0.2, 0) is 0 Å². The van der Waals surface area contributed by atoms with Gasteiger partial charge in [0.1, 0.15) is 11.3 Å². The molecule has 86 valence electrons. The van der Waals surface area contributed by atoms with E-state index in [1.165, 1.54) is 0 Å². The Kier molecular flexibility index (Phi) is 3.01. The van der Waals surface area contributed by atoms with Crippen LogP contribution in [0.25, 0.3) is 11.0 Å². The lowest BCUT2D eigenvalue weighted by Gasteiger charge is -2.11. The monoisotopic (exact) mass is 236 g/mol. The number of H-pyrrole nitrogens is 1. The van der Waals surface area contributed by atoms with Crippen LogP contribution < -0.4 is 4.74 Å². The largest absolute Gasteiger partial charge is 0.494 e. The molecule has 3 nitrogen and oxygen atoms in total. The molecule has 0 amide bonds. The van der Waals surface area contributed by atoms with Crippen LogP contribution in [0.3, 0.4) is 0 Å². The molecule has 0 radical (unpaired) electrons. The van der Waals surface area contributed by atoms with Crippen LogP contribution in [0.1, 0.15) is 26.3 Å². The molecular formula is C12H16N2OS. The highest BCUT2D eigenvalue weighted by molar-refractivity contribution is 7.71. The minimum absolute atomic E-state index is 0.397. The summed E-state index contributed by atoms with van der Waals surface area (Å²) >= 11 is 5.35. The molecule has 0 spiro atoms. The number of ether oxygens (including phenoxy) is 1. The number of nitrogens with one attached hydrogen (secondary N) is 1. The van der Waals surface area contributed by atoms with Gasteiger partial charge in [0.25, 0.3) is 0 Å². The molecule has 4 heteroatoms. The summed E-state index contributed by atoms with van der Waals surface area (Å²) in [5.74, 6) is 0.839. The van der Waals surface area contributed by atoms with Crippen LogP contribution in [-0.4, -0.2) is 16.7 Å². The molecule has 1 heterocycles. The first kappa shape index (κ1) is 11.2. The quantitative estimate of drug-likeness (QED) is 0.824. The summed E-state index contributed by atoms with van der Waals surface area (Å²) in [5.41, 5.74) is 2.09. The molecule has 2 rings (SSSR count). The number of rotatable bonds is 3. The molecule has 1 unspecified atom stereocenters. The van der Waals surface area contributed by atoms with E-state index in [0.29, 0.717) is 6.04 Å². The topological polar surface area (TPSA) is 29.9 Å². The van der Waals surface area contributed by atoms with Gasteiger partial charge < -0.3 is 14.3 Å². The number of hydrogen-bond acceptors (Lipinski definition) is 2. The maximum absolute atomic E-state index is 5.35. The van der Waals surface area contributed by atoms with Gasteiger partial charge in [-0.15, -0.1) is 0 Å². The molecule has 2 aromatic rings. The Balaban J connectivity index is 2.76. The average Bonchev–Trinajstić information content (AvgIpc) is 2.63. The Bertz CT molecular complexity index is 556. The Hall–Kier alpha value is -1.29. The van der Waals surface area contributed by atoms with Crippen molar-refractivity contribution in [3.8, 4) is 5.75 Å². The Morgan fingerprint density at radius 1 is 1.50 bits per heavy atom. The summed E-state index contributed by atoms with van der Waals surface area (Å²) in [6, 6.07) is 6.39. The maximum Gasteiger partial charge on any atom is 0.178 e. The van der Waals surface area contributed by atoms with Crippen molar-refractivity contribution in [2.75, 3.05) is 7.11 Å². The van der Waals surface area contributed by atoms with Crippen molar-refractivity contribution in [2.24, 2.45) is 0 Å². The van der Waals surface area contributed by atoms with Crippen LogP contribution in [0.2, 0.25) is 0 Å². The Labute approximate surface area is 100 Å². The van der Waals surface area contributed by atoms with Crippen molar-refractivity contribution in [2.45, 2.75) is 26.3 Å². The standard InChI is InChI=1S/C12H16N2OS/c1-4-8(2)14-9-6-5-7-10(15-3)11(9)13-12(14)16/h5-8H,4H2,1-3H3,(H,13,16). The highest BCUT2D eigenvalue weighted by Gasteiger charge is 2.11. The molecule has 1 atom stereocenters. The van der Waals surface area contributed by atoms with E-state index >= 15 is 0 Å². The van der Waals surface area contributed by atoms with Crippen LogP contribution in [0.4, 0.5) is 0 Å². The predicted octanol–water partition coefficient (Wildman–Crippen LogP) is 3.68. The molecular weight excluding hydrogens is 220 g/mol. The third-order valence-electron chi connectivity index (χ3n) is 2.97. The molecule has 1 aromatic carbocycles. The van der Waals surface area contributed by atoms with Crippen molar-refractivity contribution >= 4 is 23.3 Å². The number of nitrogens with zero attached hydrogens (tertiary/aromatic N) is 1. The lowest BCUT2D eigenvalue weighted by atomic mass is 10.2. The lowest BCUT2D eigenvalue weighted by Crippen LogP contribution is -2.03. The van der Waals surface area contributed by atoms with Gasteiger partial charge in [-0.25, -0.2) is 0 Å². The van der Waals surface area contributed by atoms with Gasteiger partial charge in [-0.2, -0.15) is 0 Å². The van der Waals surface area contributed by atoms with Gasteiger partial charge in [-0.3, -0.25) is 0 Å². The second kappa shape index (κ2) is 4.29. The first-order chi connectivity index (χ1) is 7.69. The lowest BCUT2D eigenvalue weighted by molar-refractivity contribution is 0.419. The number of benzene rings is 1. The van der Waals surface area contributed by atoms with E-state index in [4.69, 9.17) is 17.0 Å². The van der Waals surface area contributed by atoms with E-state index in [2.05, 4.69) is 29.5 Å². The van der Waals surface area contributed by atoms with E-state index in [1.807, 2.05) is 12.1 Å². The molecule has 0 bridgehead atoms. The number of para-hydroxylation sites is 1. The van der Waals surface area contributed by atoms with E-state index in [0.717, 1.165) is 28.0 Å². The van der Waals surface area contributed by atoms with Crippen molar-refractivity contribution < 1.29 is 4.74 Å². The number of aromatic nitrogens is 2. The zero-order chi connectivity index (χ0) is 11.7. The molecule has 0 aliphatic carbocycles. The van der Waals surface area contributed by atoms with Gasteiger partial charge in [-0.1, -0.05) is 13.0 Å². The number of hydrogen-bond donors (Lipinski definition) is 1. The molecule has 0 aliphatic heterocycles. The third-order valence-corrected chi connectivity index (χ3v) is 3.26. The third kappa shape index (κ3) is 1.63. The first-order valence-electron chi connectivity index (χ1n) is 5.46. The SMILES string of the molecule is CCC(C)n1c(=S)[nH]c2c(OC)cccc21. The average molecular weight is 236 g/mol. The second-order valence-electron chi connectivity index (χ2n) is 3.91. The van der Waals surface area contributed by atoms with Crippen molar-refractivity contribution in [1.82, 2.24) is 9.55 Å². The molecule has 0 aliphatic rings. The molecule has 16 heavy (non-hydrogen) atoms. The maximum atomic E-state index is 5.35. The molecule has 0 fully saturated rings. The molecule has 1 N–H and O–H groups in total. The molecule has 0 saturated heterocycles. The van der Waals surface area contributed by atoms with Crippen molar-refractivity contribution in [1.29, 1.82) is 0 Å². The minimum atomic E-state index is 0.397. The first-order valence-corrected chi connectivity index (χ1v) is 5.87. The van der Waals surface area contributed by atoms with Crippen LogP contribution in [0, 0.1) is 4.77 Å². The van der Waals surface area contributed by atoms with Gasteiger partial charge in [0, 0.05) is 6.04 Å². The normalized spacial score (nSPS) is 12.9. The number of fused-ring (bicyclic) bond motifs is 1.